The van der Waals surface area contributed by atoms with Crippen LogP contribution in [0.1, 0.15) is 30.6 Å². The lowest BCUT2D eigenvalue weighted by Gasteiger charge is -2.26. The van der Waals surface area contributed by atoms with Gasteiger partial charge in [-0.3, -0.25) is 14.5 Å². The molecular weight excluding hydrogens is 354 g/mol. The van der Waals surface area contributed by atoms with Gasteiger partial charge in [0.25, 0.3) is 5.91 Å². The van der Waals surface area contributed by atoms with Crippen LogP contribution in [0, 0.1) is 5.92 Å². The Kier molecular flexibility index (Phi) is 8.35. The van der Waals surface area contributed by atoms with Gasteiger partial charge >= 0.3 is 0 Å². The van der Waals surface area contributed by atoms with Crippen molar-refractivity contribution in [1.82, 2.24) is 15.5 Å². The molecule has 0 aliphatic carbocycles. The van der Waals surface area contributed by atoms with Crippen molar-refractivity contribution < 1.29 is 14.3 Å². The van der Waals surface area contributed by atoms with Crippen LogP contribution >= 0.6 is 11.6 Å². The van der Waals surface area contributed by atoms with Crippen LogP contribution in [-0.2, 0) is 9.53 Å². The van der Waals surface area contributed by atoms with Crippen LogP contribution in [0.15, 0.2) is 24.3 Å². The molecule has 0 spiro atoms. The third-order valence-corrected chi connectivity index (χ3v) is 4.74. The fourth-order valence-electron chi connectivity index (χ4n) is 2.85. The van der Waals surface area contributed by atoms with Crippen molar-refractivity contribution in [2.75, 3.05) is 39.4 Å². The highest BCUT2D eigenvalue weighted by Gasteiger charge is 2.25. The lowest BCUT2D eigenvalue weighted by molar-refractivity contribution is -0.123. The molecule has 6 nitrogen and oxygen atoms in total. The Balaban J connectivity index is 1.81. The van der Waals surface area contributed by atoms with Gasteiger partial charge in [-0.25, -0.2) is 0 Å². The molecule has 2 N–H and O–H groups in total. The van der Waals surface area contributed by atoms with E-state index in [9.17, 15) is 9.59 Å². The van der Waals surface area contributed by atoms with E-state index in [0.717, 1.165) is 39.3 Å². The number of amides is 2. The molecule has 1 aliphatic heterocycles. The molecule has 7 heteroatoms. The van der Waals surface area contributed by atoms with Crippen LogP contribution in [0.5, 0.6) is 0 Å². The van der Waals surface area contributed by atoms with Gasteiger partial charge in [-0.05, 0) is 31.0 Å². The average molecular weight is 382 g/mol. The van der Waals surface area contributed by atoms with Gasteiger partial charge in [0.1, 0.15) is 6.04 Å². The summed E-state index contributed by atoms with van der Waals surface area (Å²) >= 11 is 6.06. The molecule has 1 fully saturated rings. The van der Waals surface area contributed by atoms with Gasteiger partial charge in [0.15, 0.2) is 0 Å². The maximum atomic E-state index is 12.5. The highest BCUT2D eigenvalue weighted by atomic mass is 35.5. The topological polar surface area (TPSA) is 70.7 Å². The lowest BCUT2D eigenvalue weighted by Crippen LogP contribution is -2.50. The van der Waals surface area contributed by atoms with Gasteiger partial charge in [0.2, 0.25) is 5.91 Å². The average Bonchev–Trinajstić information content (AvgIpc) is 2.64. The van der Waals surface area contributed by atoms with Gasteiger partial charge in [-0.2, -0.15) is 0 Å². The Labute approximate surface area is 160 Å². The molecule has 2 rings (SSSR count). The fourth-order valence-corrected chi connectivity index (χ4v) is 3.07. The number of carbonyl (C=O) groups is 2. The second-order valence-corrected chi connectivity index (χ2v) is 7.18. The summed E-state index contributed by atoms with van der Waals surface area (Å²) < 4.78 is 5.32. The Morgan fingerprint density at radius 1 is 1.23 bits per heavy atom. The second-order valence-electron chi connectivity index (χ2n) is 6.77. The van der Waals surface area contributed by atoms with E-state index in [0.29, 0.717) is 17.1 Å². The van der Waals surface area contributed by atoms with Crippen LogP contribution in [0.25, 0.3) is 0 Å². The summed E-state index contributed by atoms with van der Waals surface area (Å²) in [4.78, 5) is 27.3. The summed E-state index contributed by atoms with van der Waals surface area (Å²) in [5.41, 5.74) is 0.375. The maximum Gasteiger partial charge on any atom is 0.253 e. The summed E-state index contributed by atoms with van der Waals surface area (Å²) in [6, 6.07) is 6.22. The molecule has 144 valence electrons. The van der Waals surface area contributed by atoms with Crippen molar-refractivity contribution in [3.8, 4) is 0 Å². The number of morpholine rings is 1. The first-order valence-electron chi connectivity index (χ1n) is 9.12. The first-order chi connectivity index (χ1) is 12.5. The van der Waals surface area contributed by atoms with E-state index in [1.807, 2.05) is 13.8 Å². The van der Waals surface area contributed by atoms with Crippen molar-refractivity contribution >= 4 is 23.4 Å². The van der Waals surface area contributed by atoms with Gasteiger partial charge in [0, 0.05) is 19.6 Å². The van der Waals surface area contributed by atoms with Gasteiger partial charge in [-0.15, -0.1) is 0 Å². The van der Waals surface area contributed by atoms with Crippen molar-refractivity contribution in [2.24, 2.45) is 5.92 Å². The molecule has 0 saturated carbocycles. The summed E-state index contributed by atoms with van der Waals surface area (Å²) in [6.07, 6.45) is 0.870. The van der Waals surface area contributed by atoms with Crippen LogP contribution in [0.2, 0.25) is 5.02 Å². The van der Waals surface area contributed by atoms with Crippen LogP contribution < -0.4 is 10.6 Å². The van der Waals surface area contributed by atoms with Crippen LogP contribution in [0.4, 0.5) is 0 Å². The Morgan fingerprint density at radius 3 is 2.58 bits per heavy atom. The van der Waals surface area contributed by atoms with E-state index in [4.69, 9.17) is 16.3 Å². The van der Waals surface area contributed by atoms with E-state index in [1.54, 1.807) is 24.3 Å². The molecule has 2 amide bonds. The number of halogens is 1. The minimum atomic E-state index is -0.595. The molecule has 1 aromatic rings. The first-order valence-corrected chi connectivity index (χ1v) is 9.50. The highest BCUT2D eigenvalue weighted by Crippen LogP contribution is 2.15. The lowest BCUT2D eigenvalue weighted by atomic mass is 10.0. The molecule has 26 heavy (non-hydrogen) atoms. The number of carbonyl (C=O) groups excluding carboxylic acids is 2. The molecule has 0 aromatic heterocycles. The van der Waals surface area contributed by atoms with E-state index < -0.39 is 6.04 Å². The number of nitrogens with zero attached hydrogens (tertiary/aromatic N) is 1. The predicted octanol–water partition coefficient (Wildman–Crippen LogP) is 1.93. The number of hydrogen-bond donors (Lipinski definition) is 2. The summed E-state index contributed by atoms with van der Waals surface area (Å²) in [5, 5.41) is 6.11. The minimum Gasteiger partial charge on any atom is -0.379 e. The monoisotopic (exact) mass is 381 g/mol. The Bertz CT molecular complexity index is 603. The Morgan fingerprint density at radius 2 is 1.92 bits per heavy atom. The number of benzene rings is 1. The second kappa shape index (κ2) is 10.5. The van der Waals surface area contributed by atoms with E-state index >= 15 is 0 Å². The van der Waals surface area contributed by atoms with Crippen molar-refractivity contribution in [3.63, 3.8) is 0 Å². The number of rotatable bonds is 8. The molecular formula is C19H28ClN3O3. The zero-order valence-electron chi connectivity index (χ0n) is 15.5. The molecule has 1 aromatic carbocycles. The van der Waals surface area contributed by atoms with Gasteiger partial charge in [0.05, 0.1) is 23.8 Å². The largest absolute Gasteiger partial charge is 0.379 e. The maximum absolute atomic E-state index is 12.5. The Hall–Kier alpha value is -1.63. The SMILES string of the molecule is CC(C)C(NC(=O)c1ccccc1Cl)C(=O)NCCCN1CCOCC1. The normalized spacial score (nSPS) is 16.3. The van der Waals surface area contributed by atoms with Gasteiger partial charge < -0.3 is 15.4 Å². The highest BCUT2D eigenvalue weighted by molar-refractivity contribution is 6.33. The van der Waals surface area contributed by atoms with Gasteiger partial charge in [-0.1, -0.05) is 37.6 Å². The van der Waals surface area contributed by atoms with E-state index in [2.05, 4.69) is 15.5 Å². The molecule has 1 heterocycles. The van der Waals surface area contributed by atoms with Crippen molar-refractivity contribution in [3.05, 3.63) is 34.9 Å². The van der Waals surface area contributed by atoms with E-state index in [1.165, 1.54) is 0 Å². The molecule has 0 radical (unpaired) electrons. The minimum absolute atomic E-state index is 0.0271. The van der Waals surface area contributed by atoms with Crippen molar-refractivity contribution in [2.45, 2.75) is 26.3 Å². The zero-order chi connectivity index (χ0) is 18.9. The molecule has 1 saturated heterocycles. The third-order valence-electron chi connectivity index (χ3n) is 4.41. The predicted molar refractivity (Wildman–Crippen MR) is 102 cm³/mol. The zero-order valence-corrected chi connectivity index (χ0v) is 16.2. The summed E-state index contributed by atoms with van der Waals surface area (Å²) in [5.74, 6) is -0.527. The van der Waals surface area contributed by atoms with Crippen LogP contribution in [-0.4, -0.2) is 62.1 Å². The van der Waals surface area contributed by atoms with E-state index in [-0.39, 0.29) is 17.7 Å². The quantitative estimate of drug-likeness (QED) is 0.675. The summed E-state index contributed by atoms with van der Waals surface area (Å²) in [6.45, 7) is 8.76. The molecule has 1 atom stereocenters. The molecule has 1 unspecified atom stereocenters. The number of hydrogen-bond acceptors (Lipinski definition) is 4. The standard InChI is InChI=1S/C19H28ClN3O3/c1-14(2)17(22-18(24)15-6-3-4-7-16(15)20)19(25)21-8-5-9-23-10-12-26-13-11-23/h3-4,6-7,14,17H,5,8-13H2,1-2H3,(H,21,25)(H,22,24). The first kappa shape index (κ1) is 20.7. The third kappa shape index (κ3) is 6.27. The van der Waals surface area contributed by atoms with Crippen molar-refractivity contribution in [1.29, 1.82) is 0 Å². The van der Waals surface area contributed by atoms with Crippen LogP contribution in [0.3, 0.4) is 0 Å². The molecule has 1 aliphatic rings. The summed E-state index contributed by atoms with van der Waals surface area (Å²) in [7, 11) is 0. The number of nitrogens with one attached hydrogen (secondary N) is 2. The fraction of sp³-hybridized carbons (Fsp3) is 0.579. The molecule has 0 bridgehead atoms. The smallest absolute Gasteiger partial charge is 0.253 e. The number of ether oxygens (including phenoxy) is 1.